The van der Waals surface area contributed by atoms with Crippen LogP contribution in [0.25, 0.3) is 0 Å². The molecule has 0 aliphatic rings. The number of nitriles is 1. The zero-order chi connectivity index (χ0) is 17.7. The van der Waals surface area contributed by atoms with Gasteiger partial charge >= 0.3 is 0 Å². The van der Waals surface area contributed by atoms with Gasteiger partial charge in [0.15, 0.2) is 0 Å². The summed E-state index contributed by atoms with van der Waals surface area (Å²) in [6, 6.07) is 13.6. The fourth-order valence-electron chi connectivity index (χ4n) is 2.32. The molecule has 0 bridgehead atoms. The van der Waals surface area contributed by atoms with Crippen LogP contribution in [-0.2, 0) is 4.79 Å². The summed E-state index contributed by atoms with van der Waals surface area (Å²) in [5.74, 6) is -0.227. The van der Waals surface area contributed by atoms with Crippen molar-refractivity contribution in [3.05, 3.63) is 63.6 Å². The summed E-state index contributed by atoms with van der Waals surface area (Å²) in [7, 11) is 0. The van der Waals surface area contributed by atoms with Crippen molar-refractivity contribution in [2.24, 2.45) is 0 Å². The molecule has 4 nitrogen and oxygen atoms in total. The third-order valence-corrected chi connectivity index (χ3v) is 4.19. The van der Waals surface area contributed by atoms with Crippen molar-refractivity contribution in [2.75, 3.05) is 5.32 Å². The standard InChI is InChI=1S/C18H17Cl2N3O/c1-11(15-8-7-14(19)9-16(15)20)22-12(2)18(24)23-17-6-4-3-5-13(17)10-21/h3-9,11-12,22H,1-2H3,(H,23,24)/t11-,12-/m1/s1. The molecule has 0 fully saturated rings. The van der Waals surface area contributed by atoms with Gasteiger partial charge in [-0.25, -0.2) is 0 Å². The largest absolute Gasteiger partial charge is 0.324 e. The predicted octanol–water partition coefficient (Wildman–Crippen LogP) is 4.54. The number of hydrogen-bond acceptors (Lipinski definition) is 3. The first-order chi connectivity index (χ1) is 11.4. The van der Waals surface area contributed by atoms with Crippen molar-refractivity contribution in [3.8, 4) is 6.07 Å². The van der Waals surface area contributed by atoms with Crippen molar-refractivity contribution < 1.29 is 4.79 Å². The van der Waals surface area contributed by atoms with E-state index in [9.17, 15) is 4.79 Å². The SMILES string of the molecule is C[C@@H](N[C@H](C)c1ccc(Cl)cc1Cl)C(=O)Nc1ccccc1C#N. The van der Waals surface area contributed by atoms with Crippen molar-refractivity contribution >= 4 is 34.8 Å². The number of amides is 1. The Hall–Kier alpha value is -2.06. The number of hydrogen-bond donors (Lipinski definition) is 2. The lowest BCUT2D eigenvalue weighted by atomic mass is 10.1. The minimum atomic E-state index is -0.474. The number of nitrogens with one attached hydrogen (secondary N) is 2. The van der Waals surface area contributed by atoms with Gasteiger partial charge in [0.25, 0.3) is 0 Å². The lowest BCUT2D eigenvalue weighted by Gasteiger charge is -2.21. The fraction of sp³-hybridized carbons (Fsp3) is 0.222. The van der Waals surface area contributed by atoms with E-state index in [1.165, 1.54) is 0 Å². The van der Waals surface area contributed by atoms with E-state index in [4.69, 9.17) is 28.5 Å². The molecule has 6 heteroatoms. The minimum Gasteiger partial charge on any atom is -0.324 e. The fourth-order valence-corrected chi connectivity index (χ4v) is 2.90. The maximum Gasteiger partial charge on any atom is 0.241 e. The van der Waals surface area contributed by atoms with Crippen LogP contribution in [0.5, 0.6) is 0 Å². The second-order valence-corrected chi connectivity index (χ2v) is 6.27. The Morgan fingerprint density at radius 3 is 2.54 bits per heavy atom. The van der Waals surface area contributed by atoms with Gasteiger partial charge in [-0.05, 0) is 43.7 Å². The normalized spacial score (nSPS) is 13.0. The quantitative estimate of drug-likeness (QED) is 0.821. The van der Waals surface area contributed by atoms with Crippen molar-refractivity contribution in [1.29, 1.82) is 5.26 Å². The Bertz CT molecular complexity index is 786. The van der Waals surface area contributed by atoms with Gasteiger partial charge in [-0.1, -0.05) is 41.4 Å². The molecule has 2 rings (SSSR count). The van der Waals surface area contributed by atoms with E-state index in [2.05, 4.69) is 16.7 Å². The highest BCUT2D eigenvalue weighted by Crippen LogP contribution is 2.26. The van der Waals surface area contributed by atoms with E-state index in [1.54, 1.807) is 43.3 Å². The first-order valence-electron chi connectivity index (χ1n) is 7.43. The van der Waals surface area contributed by atoms with Gasteiger partial charge in [-0.2, -0.15) is 5.26 Å². The molecule has 24 heavy (non-hydrogen) atoms. The van der Waals surface area contributed by atoms with Gasteiger partial charge in [-0.15, -0.1) is 0 Å². The summed E-state index contributed by atoms with van der Waals surface area (Å²) in [4.78, 5) is 12.3. The molecule has 0 aliphatic heterocycles. The summed E-state index contributed by atoms with van der Waals surface area (Å²) >= 11 is 12.1. The van der Waals surface area contributed by atoms with Crippen LogP contribution in [0.1, 0.15) is 31.0 Å². The van der Waals surface area contributed by atoms with Crippen LogP contribution < -0.4 is 10.6 Å². The predicted molar refractivity (Wildman–Crippen MR) is 97.3 cm³/mol. The molecule has 0 heterocycles. The van der Waals surface area contributed by atoms with Crippen molar-refractivity contribution in [2.45, 2.75) is 25.9 Å². The summed E-state index contributed by atoms with van der Waals surface area (Å²) in [5, 5.41) is 16.1. The molecule has 2 aromatic rings. The van der Waals surface area contributed by atoms with Gasteiger partial charge in [0.2, 0.25) is 5.91 Å². The Morgan fingerprint density at radius 1 is 1.17 bits per heavy atom. The van der Waals surface area contributed by atoms with Gasteiger partial charge in [-0.3, -0.25) is 10.1 Å². The second-order valence-electron chi connectivity index (χ2n) is 5.42. The summed E-state index contributed by atoms with van der Waals surface area (Å²) in [5.41, 5.74) is 1.78. The van der Waals surface area contributed by atoms with Crippen LogP contribution in [0.4, 0.5) is 5.69 Å². The third-order valence-electron chi connectivity index (χ3n) is 3.63. The van der Waals surface area contributed by atoms with E-state index in [-0.39, 0.29) is 11.9 Å². The van der Waals surface area contributed by atoms with Gasteiger partial charge < -0.3 is 5.32 Å². The van der Waals surface area contributed by atoms with E-state index in [0.29, 0.717) is 21.3 Å². The van der Waals surface area contributed by atoms with E-state index in [0.717, 1.165) is 5.56 Å². The van der Waals surface area contributed by atoms with Crippen LogP contribution in [0.15, 0.2) is 42.5 Å². The van der Waals surface area contributed by atoms with E-state index < -0.39 is 6.04 Å². The minimum absolute atomic E-state index is 0.137. The molecule has 0 saturated carbocycles. The number of carbonyl (C=O) groups is 1. The summed E-state index contributed by atoms with van der Waals surface area (Å²) < 4.78 is 0. The average Bonchev–Trinajstić information content (AvgIpc) is 2.55. The monoisotopic (exact) mass is 361 g/mol. The Kier molecular flexibility index (Phi) is 6.22. The molecule has 2 N–H and O–H groups in total. The number of benzene rings is 2. The lowest BCUT2D eigenvalue weighted by Crippen LogP contribution is -2.39. The van der Waals surface area contributed by atoms with Crippen LogP contribution in [0.3, 0.4) is 0 Å². The molecule has 0 unspecified atom stereocenters. The molecule has 0 aliphatic carbocycles. The molecule has 124 valence electrons. The number of halogens is 2. The molecule has 0 spiro atoms. The van der Waals surface area contributed by atoms with E-state index in [1.807, 2.05) is 13.0 Å². The van der Waals surface area contributed by atoms with Gasteiger partial charge in [0.1, 0.15) is 6.07 Å². The van der Waals surface area contributed by atoms with Crippen molar-refractivity contribution in [1.82, 2.24) is 5.32 Å². The first kappa shape index (κ1) is 18.3. The Balaban J connectivity index is 2.04. The van der Waals surface area contributed by atoms with Crippen LogP contribution in [0.2, 0.25) is 10.0 Å². The molecule has 0 radical (unpaired) electrons. The van der Waals surface area contributed by atoms with E-state index >= 15 is 0 Å². The number of carbonyl (C=O) groups excluding carboxylic acids is 1. The van der Waals surface area contributed by atoms with Gasteiger partial charge in [0.05, 0.1) is 17.3 Å². The zero-order valence-electron chi connectivity index (χ0n) is 13.3. The average molecular weight is 362 g/mol. The first-order valence-corrected chi connectivity index (χ1v) is 8.19. The number of anilines is 1. The maximum absolute atomic E-state index is 12.3. The molecule has 1 amide bonds. The number of rotatable bonds is 5. The molecular formula is C18H17Cl2N3O. The molecule has 0 aromatic heterocycles. The number of para-hydroxylation sites is 1. The summed E-state index contributed by atoms with van der Waals surface area (Å²) in [6.45, 7) is 3.67. The highest BCUT2D eigenvalue weighted by Gasteiger charge is 2.18. The molecule has 0 saturated heterocycles. The topological polar surface area (TPSA) is 64.9 Å². The Labute approximate surface area is 151 Å². The van der Waals surface area contributed by atoms with Crippen LogP contribution in [-0.4, -0.2) is 11.9 Å². The Morgan fingerprint density at radius 2 is 1.88 bits per heavy atom. The van der Waals surface area contributed by atoms with Crippen LogP contribution in [0, 0.1) is 11.3 Å². The highest BCUT2D eigenvalue weighted by atomic mass is 35.5. The lowest BCUT2D eigenvalue weighted by molar-refractivity contribution is -0.117. The second kappa shape index (κ2) is 8.16. The summed E-state index contributed by atoms with van der Waals surface area (Å²) in [6.07, 6.45) is 0. The van der Waals surface area contributed by atoms with Crippen molar-refractivity contribution in [3.63, 3.8) is 0 Å². The molecule has 2 atom stereocenters. The molecule has 2 aromatic carbocycles. The zero-order valence-corrected chi connectivity index (χ0v) is 14.8. The third kappa shape index (κ3) is 4.48. The molecular weight excluding hydrogens is 345 g/mol. The smallest absolute Gasteiger partial charge is 0.241 e. The highest BCUT2D eigenvalue weighted by molar-refractivity contribution is 6.35. The number of nitrogens with zero attached hydrogens (tertiary/aromatic N) is 1. The maximum atomic E-state index is 12.3. The van der Waals surface area contributed by atoms with Gasteiger partial charge in [0, 0.05) is 16.1 Å². The van der Waals surface area contributed by atoms with Crippen LogP contribution >= 0.6 is 23.2 Å².